The number of aliphatic hydroxyl groups is 1. The predicted molar refractivity (Wildman–Crippen MR) is 142 cm³/mol. The molecular formula is C27H34N4O5S. The molecule has 1 aliphatic rings. The highest BCUT2D eigenvalue weighted by atomic mass is 32.2. The van der Waals surface area contributed by atoms with E-state index in [2.05, 4.69) is 15.4 Å². The fraction of sp³-hybridized carbons (Fsp3) is 0.407. The number of carbonyl (C=O) groups is 1. The topological polar surface area (TPSA) is 119 Å². The summed E-state index contributed by atoms with van der Waals surface area (Å²) in [4.78, 5) is 15.4. The first kappa shape index (κ1) is 27.0. The fourth-order valence-corrected chi connectivity index (χ4v) is 5.40. The number of aryl methyl sites for hydroxylation is 2. The van der Waals surface area contributed by atoms with Gasteiger partial charge in [0.25, 0.3) is 11.3 Å². The van der Waals surface area contributed by atoms with E-state index < -0.39 is 17.2 Å². The number of hydrogen-bond donors (Lipinski definition) is 3. The first-order valence-corrected chi connectivity index (χ1v) is 13.4. The molecule has 37 heavy (non-hydrogen) atoms. The van der Waals surface area contributed by atoms with E-state index in [1.165, 1.54) is 4.31 Å². The van der Waals surface area contributed by atoms with E-state index in [0.29, 0.717) is 30.2 Å². The zero-order valence-electron chi connectivity index (χ0n) is 21.3. The molecule has 4 rings (SSSR count). The number of rotatable bonds is 10. The van der Waals surface area contributed by atoms with Gasteiger partial charge in [-0.05, 0) is 43.9 Å². The van der Waals surface area contributed by atoms with Crippen molar-refractivity contribution in [2.75, 3.05) is 23.9 Å². The van der Waals surface area contributed by atoms with E-state index in [9.17, 15) is 18.7 Å². The largest absolute Gasteiger partial charge is 0.392 e. The Morgan fingerprint density at radius 3 is 2.46 bits per heavy atom. The predicted octanol–water partition coefficient (Wildman–Crippen LogP) is 3.46. The second-order valence-corrected chi connectivity index (χ2v) is 10.5. The van der Waals surface area contributed by atoms with E-state index in [4.69, 9.17) is 4.52 Å². The Balaban J connectivity index is 1.44. The minimum atomic E-state index is -2.26. The Bertz CT molecular complexity index is 1200. The molecule has 3 N–H and O–H groups in total. The zero-order valence-corrected chi connectivity index (χ0v) is 22.1. The lowest BCUT2D eigenvalue weighted by Gasteiger charge is -2.26. The van der Waals surface area contributed by atoms with E-state index in [-0.39, 0.29) is 24.6 Å². The van der Waals surface area contributed by atoms with Crippen molar-refractivity contribution in [1.29, 1.82) is 0 Å². The highest BCUT2D eigenvalue weighted by Gasteiger charge is 2.27. The van der Waals surface area contributed by atoms with E-state index >= 15 is 0 Å². The molecule has 10 heteroatoms. The molecule has 9 nitrogen and oxygen atoms in total. The molecule has 198 valence electrons. The van der Waals surface area contributed by atoms with Crippen LogP contribution in [0.5, 0.6) is 0 Å². The summed E-state index contributed by atoms with van der Waals surface area (Å²) in [5.41, 5.74) is 3.72. The third kappa shape index (κ3) is 6.64. The van der Waals surface area contributed by atoms with Crippen LogP contribution in [-0.2, 0) is 22.6 Å². The lowest BCUT2D eigenvalue weighted by Crippen LogP contribution is -2.39. The average Bonchev–Trinajstić information content (AvgIpc) is 3.46. The lowest BCUT2D eigenvalue weighted by atomic mass is 9.97. The van der Waals surface area contributed by atoms with Gasteiger partial charge in [0.05, 0.1) is 24.6 Å². The highest BCUT2D eigenvalue weighted by molar-refractivity contribution is 7.80. The Labute approximate surface area is 219 Å². The molecule has 4 unspecified atom stereocenters. The summed E-state index contributed by atoms with van der Waals surface area (Å²) in [5.74, 6) is -0.0107. The van der Waals surface area contributed by atoms with E-state index in [1.807, 2.05) is 61.5 Å². The summed E-state index contributed by atoms with van der Waals surface area (Å²) in [6.07, 6.45) is 0.428. The van der Waals surface area contributed by atoms with Crippen molar-refractivity contribution in [3.05, 3.63) is 82.7 Å². The normalized spacial score (nSPS) is 18.4. The van der Waals surface area contributed by atoms with Crippen LogP contribution >= 0.6 is 0 Å². The number of carbonyl (C=O) groups excluding carboxylic acids is 1. The molecule has 0 bridgehead atoms. The molecule has 1 saturated heterocycles. The van der Waals surface area contributed by atoms with Crippen LogP contribution in [0.3, 0.4) is 0 Å². The number of likely N-dealkylation sites (tertiary alicyclic amines) is 1. The summed E-state index contributed by atoms with van der Waals surface area (Å²) in [6.45, 7) is 7.53. The highest BCUT2D eigenvalue weighted by Crippen LogP contribution is 2.28. The zero-order chi connectivity index (χ0) is 26.5. The lowest BCUT2D eigenvalue weighted by molar-refractivity contribution is -0.123. The van der Waals surface area contributed by atoms with Crippen molar-refractivity contribution >= 4 is 22.9 Å². The second-order valence-electron chi connectivity index (χ2n) is 9.58. The standard InChI is InChI=1S/C27H34N4O5S/c1-18(27(33)28-25(23-7-5-4-6-8-23)17-30-14-13-24(32)16-30)22-11-9-21(10-12-22)15-31(37(34)35)26-19(2)29-36-20(26)3/h4-12,18,24-25,32H,13-17H2,1-3H3,(H,28,33)(H,34,35). The molecule has 1 amide bonds. The monoisotopic (exact) mass is 526 g/mol. The van der Waals surface area contributed by atoms with Crippen LogP contribution in [0.15, 0.2) is 59.1 Å². The summed E-state index contributed by atoms with van der Waals surface area (Å²) in [5, 5.41) is 17.0. The number of aliphatic hydroxyl groups excluding tert-OH is 1. The molecule has 2 aromatic carbocycles. The maximum absolute atomic E-state index is 13.3. The third-order valence-electron chi connectivity index (χ3n) is 6.84. The SMILES string of the molecule is Cc1noc(C)c1N(Cc1ccc(C(C)C(=O)NC(CN2CCC(O)C2)c2ccccc2)cc1)S(=O)O. The average molecular weight is 527 g/mol. The smallest absolute Gasteiger partial charge is 0.262 e. The summed E-state index contributed by atoms with van der Waals surface area (Å²) in [7, 11) is 0. The Morgan fingerprint density at radius 2 is 1.89 bits per heavy atom. The summed E-state index contributed by atoms with van der Waals surface area (Å²) in [6, 6.07) is 17.2. The van der Waals surface area contributed by atoms with Crippen molar-refractivity contribution in [3.63, 3.8) is 0 Å². The molecule has 1 aliphatic heterocycles. The number of hydrogen-bond acceptors (Lipinski definition) is 6. The molecule has 0 saturated carbocycles. The van der Waals surface area contributed by atoms with Crippen molar-refractivity contribution in [2.45, 2.75) is 51.8 Å². The van der Waals surface area contributed by atoms with Crippen molar-refractivity contribution in [3.8, 4) is 0 Å². The molecule has 3 aromatic rings. The van der Waals surface area contributed by atoms with Gasteiger partial charge in [-0.3, -0.25) is 18.6 Å². The Kier molecular flexibility index (Phi) is 8.75. The van der Waals surface area contributed by atoms with Crippen LogP contribution in [0.4, 0.5) is 5.69 Å². The van der Waals surface area contributed by atoms with Gasteiger partial charge in [0.15, 0.2) is 5.76 Å². The van der Waals surface area contributed by atoms with Crippen molar-refractivity contribution in [1.82, 2.24) is 15.4 Å². The first-order valence-electron chi connectivity index (χ1n) is 12.4. The number of benzene rings is 2. The van der Waals surface area contributed by atoms with Crippen LogP contribution in [-0.4, -0.2) is 55.6 Å². The molecular weight excluding hydrogens is 492 g/mol. The van der Waals surface area contributed by atoms with Gasteiger partial charge in [-0.2, -0.15) is 0 Å². The molecule has 0 spiro atoms. The van der Waals surface area contributed by atoms with Gasteiger partial charge in [-0.15, -0.1) is 0 Å². The van der Waals surface area contributed by atoms with Gasteiger partial charge in [0.2, 0.25) is 5.91 Å². The Morgan fingerprint density at radius 1 is 1.19 bits per heavy atom. The Hall–Kier alpha value is -3.05. The van der Waals surface area contributed by atoms with Crippen molar-refractivity contribution in [2.24, 2.45) is 0 Å². The number of nitrogens with zero attached hydrogens (tertiary/aromatic N) is 3. The molecule has 4 atom stereocenters. The van der Waals surface area contributed by atoms with E-state index in [1.54, 1.807) is 13.8 Å². The number of nitrogens with one attached hydrogen (secondary N) is 1. The quantitative estimate of drug-likeness (QED) is 0.346. The summed E-state index contributed by atoms with van der Waals surface area (Å²) < 4.78 is 28.4. The molecule has 0 radical (unpaired) electrons. The third-order valence-corrected chi connectivity index (χ3v) is 7.53. The number of aromatic nitrogens is 1. The maximum atomic E-state index is 13.3. The molecule has 1 aromatic heterocycles. The van der Waals surface area contributed by atoms with E-state index in [0.717, 1.165) is 29.7 Å². The second kappa shape index (κ2) is 12.0. The molecule has 2 heterocycles. The van der Waals surface area contributed by atoms with Gasteiger partial charge in [-0.1, -0.05) is 59.8 Å². The molecule has 0 aliphatic carbocycles. The van der Waals surface area contributed by atoms with Crippen LogP contribution in [0.25, 0.3) is 0 Å². The van der Waals surface area contributed by atoms with Crippen LogP contribution in [0.2, 0.25) is 0 Å². The first-order chi connectivity index (χ1) is 17.7. The van der Waals surface area contributed by atoms with Crippen molar-refractivity contribution < 1.29 is 23.2 Å². The molecule has 1 fully saturated rings. The minimum Gasteiger partial charge on any atom is -0.392 e. The fourth-order valence-electron chi connectivity index (χ4n) is 4.73. The van der Waals surface area contributed by atoms with Crippen LogP contribution in [0.1, 0.15) is 53.4 Å². The van der Waals surface area contributed by atoms with Gasteiger partial charge < -0.3 is 14.9 Å². The van der Waals surface area contributed by atoms with Crippen LogP contribution in [0, 0.1) is 13.8 Å². The summed E-state index contributed by atoms with van der Waals surface area (Å²) >= 11 is -2.26. The van der Waals surface area contributed by atoms with Gasteiger partial charge in [0.1, 0.15) is 11.4 Å². The van der Waals surface area contributed by atoms with Gasteiger partial charge >= 0.3 is 0 Å². The maximum Gasteiger partial charge on any atom is 0.262 e. The van der Waals surface area contributed by atoms with Crippen LogP contribution < -0.4 is 9.62 Å². The van der Waals surface area contributed by atoms with Gasteiger partial charge in [0, 0.05) is 19.6 Å². The van der Waals surface area contributed by atoms with Gasteiger partial charge in [-0.25, -0.2) is 4.21 Å². The number of β-amino-alcohol motifs (C(OH)–C–C–N with tert-alkyl or cyclic N) is 1. The minimum absolute atomic E-state index is 0.0878. The number of anilines is 1. The number of amides is 1.